The molecule has 1 fully saturated rings. The second-order valence-electron chi connectivity index (χ2n) is 5.25. The van der Waals surface area contributed by atoms with Gasteiger partial charge < -0.3 is 15.4 Å². The van der Waals surface area contributed by atoms with Gasteiger partial charge in [0.05, 0.1) is 11.3 Å². The molecule has 2 rings (SSSR count). The molecule has 0 bridgehead atoms. The molecular weight excluding hydrogens is 244 g/mol. The van der Waals surface area contributed by atoms with E-state index in [1.807, 2.05) is 20.2 Å². The Kier molecular flexibility index (Phi) is 4.21. The van der Waals surface area contributed by atoms with Crippen molar-refractivity contribution in [1.29, 1.82) is 0 Å². The largest absolute Gasteiger partial charge is 0.363 e. The maximum Gasteiger partial charge on any atom is 0.246 e. The predicted octanol–water partition coefficient (Wildman–Crippen LogP) is -0.0228. The highest BCUT2D eigenvalue weighted by Gasteiger charge is 2.32. The van der Waals surface area contributed by atoms with Crippen LogP contribution in [0.3, 0.4) is 0 Å². The zero-order valence-electron chi connectivity index (χ0n) is 11.8. The van der Waals surface area contributed by atoms with Gasteiger partial charge in [-0.1, -0.05) is 6.92 Å². The third-order valence-corrected chi connectivity index (χ3v) is 3.35. The van der Waals surface area contributed by atoms with E-state index < -0.39 is 0 Å². The van der Waals surface area contributed by atoms with Gasteiger partial charge in [-0.15, -0.1) is 0 Å². The predicted molar refractivity (Wildman–Crippen MR) is 71.7 cm³/mol. The lowest BCUT2D eigenvalue weighted by Gasteiger charge is -2.38. The number of ether oxygens (including phenoxy) is 1. The van der Waals surface area contributed by atoms with E-state index in [0.717, 1.165) is 30.8 Å². The number of nitrogens with one attached hydrogen (secondary N) is 2. The third-order valence-electron chi connectivity index (χ3n) is 3.35. The van der Waals surface area contributed by atoms with Gasteiger partial charge in [-0.2, -0.15) is 5.10 Å². The molecule has 1 saturated heterocycles. The quantitative estimate of drug-likeness (QED) is 0.759. The van der Waals surface area contributed by atoms with Crippen molar-refractivity contribution >= 4 is 5.91 Å². The van der Waals surface area contributed by atoms with E-state index >= 15 is 0 Å². The number of amides is 1. The Balaban J connectivity index is 1.76. The number of aromatic nitrogens is 2. The fourth-order valence-electron chi connectivity index (χ4n) is 2.09. The average molecular weight is 266 g/mol. The number of nitrogens with zero attached hydrogens (tertiary/aromatic N) is 2. The first-order valence-corrected chi connectivity index (χ1v) is 6.65. The van der Waals surface area contributed by atoms with Gasteiger partial charge in [0.25, 0.3) is 0 Å². The summed E-state index contributed by atoms with van der Waals surface area (Å²) < 4.78 is 7.36. The molecule has 1 aliphatic heterocycles. The molecule has 0 radical (unpaired) electrons. The van der Waals surface area contributed by atoms with Crippen LogP contribution in [0.5, 0.6) is 0 Å². The summed E-state index contributed by atoms with van der Waals surface area (Å²) in [5.41, 5.74) is 1.91. The Labute approximate surface area is 113 Å². The smallest absolute Gasteiger partial charge is 0.246 e. The summed E-state index contributed by atoms with van der Waals surface area (Å²) in [4.78, 5) is 11.7. The molecule has 19 heavy (non-hydrogen) atoms. The summed E-state index contributed by atoms with van der Waals surface area (Å²) >= 11 is 0. The summed E-state index contributed by atoms with van der Waals surface area (Å²) in [7, 11) is 1.89. The topological polar surface area (TPSA) is 68.2 Å². The molecule has 0 aliphatic carbocycles. The molecule has 1 amide bonds. The first kappa shape index (κ1) is 14.0. The van der Waals surface area contributed by atoms with Gasteiger partial charge in [0, 0.05) is 38.4 Å². The fraction of sp³-hybridized carbons (Fsp3) is 0.692. The van der Waals surface area contributed by atoms with Crippen LogP contribution in [0.4, 0.5) is 0 Å². The summed E-state index contributed by atoms with van der Waals surface area (Å²) in [5.74, 6) is -0.0842. The molecule has 0 atom stereocenters. The van der Waals surface area contributed by atoms with E-state index in [2.05, 4.69) is 22.7 Å². The minimum absolute atomic E-state index is 0.0842. The van der Waals surface area contributed by atoms with Crippen molar-refractivity contribution in [2.45, 2.75) is 32.4 Å². The van der Waals surface area contributed by atoms with Gasteiger partial charge >= 0.3 is 0 Å². The van der Waals surface area contributed by atoms with Gasteiger partial charge in [-0.3, -0.25) is 9.48 Å². The molecule has 0 unspecified atom stereocenters. The molecule has 2 heterocycles. The zero-order chi connectivity index (χ0) is 13.9. The molecule has 106 valence electrons. The van der Waals surface area contributed by atoms with Crippen molar-refractivity contribution < 1.29 is 9.53 Å². The number of carbonyl (C=O) groups is 1. The van der Waals surface area contributed by atoms with Crippen molar-refractivity contribution in [1.82, 2.24) is 20.4 Å². The molecule has 1 aliphatic rings. The highest BCUT2D eigenvalue weighted by Crippen LogP contribution is 2.14. The Morgan fingerprint density at radius 2 is 2.37 bits per heavy atom. The van der Waals surface area contributed by atoms with Gasteiger partial charge in [-0.05, 0) is 13.3 Å². The maximum atomic E-state index is 11.7. The van der Waals surface area contributed by atoms with Crippen LogP contribution in [0.1, 0.15) is 25.1 Å². The molecule has 1 aromatic rings. The number of rotatable bonds is 6. The van der Waals surface area contributed by atoms with Gasteiger partial charge in [0.15, 0.2) is 0 Å². The van der Waals surface area contributed by atoms with Crippen LogP contribution in [-0.2, 0) is 29.5 Å². The van der Waals surface area contributed by atoms with Crippen molar-refractivity contribution in [2.75, 3.05) is 19.7 Å². The van der Waals surface area contributed by atoms with E-state index in [9.17, 15) is 4.79 Å². The monoisotopic (exact) mass is 266 g/mol. The lowest BCUT2D eigenvalue weighted by Crippen LogP contribution is -2.59. The van der Waals surface area contributed by atoms with Crippen LogP contribution in [0.25, 0.3) is 0 Å². The Bertz CT molecular complexity index is 451. The maximum absolute atomic E-state index is 11.7. The van der Waals surface area contributed by atoms with E-state index in [0.29, 0.717) is 6.54 Å². The lowest BCUT2D eigenvalue weighted by atomic mass is 10.0. The summed E-state index contributed by atoms with van der Waals surface area (Å²) in [6, 6.07) is 0. The average Bonchev–Trinajstić information content (AvgIpc) is 2.72. The number of carbonyl (C=O) groups excluding carboxylic acids is 1. The van der Waals surface area contributed by atoms with Crippen molar-refractivity contribution in [3.8, 4) is 0 Å². The number of aryl methyl sites for hydroxylation is 2. The molecule has 6 heteroatoms. The van der Waals surface area contributed by atoms with Crippen molar-refractivity contribution in [2.24, 2.45) is 7.05 Å². The fourth-order valence-corrected chi connectivity index (χ4v) is 2.09. The molecule has 1 aromatic heterocycles. The van der Waals surface area contributed by atoms with Gasteiger partial charge in [0.1, 0.15) is 6.61 Å². The first-order valence-electron chi connectivity index (χ1n) is 6.65. The normalized spacial score (nSPS) is 17.0. The van der Waals surface area contributed by atoms with Crippen LogP contribution in [0, 0.1) is 0 Å². The lowest BCUT2D eigenvalue weighted by molar-refractivity contribution is -0.136. The summed E-state index contributed by atoms with van der Waals surface area (Å²) in [5, 5.41) is 10.3. The van der Waals surface area contributed by atoms with Gasteiger partial charge in [0.2, 0.25) is 5.91 Å². The highest BCUT2D eigenvalue weighted by atomic mass is 16.5. The minimum Gasteiger partial charge on any atom is -0.363 e. The zero-order valence-corrected chi connectivity index (χ0v) is 11.8. The third kappa shape index (κ3) is 3.54. The second kappa shape index (κ2) is 5.71. The molecule has 0 saturated carbocycles. The van der Waals surface area contributed by atoms with Crippen molar-refractivity contribution in [3.05, 3.63) is 17.5 Å². The number of hydrogen-bond acceptors (Lipinski definition) is 4. The SMILES string of the molecule is CCc1nn(C)cc1CNC(=O)COC1(C)CNC1. The molecule has 2 N–H and O–H groups in total. The van der Waals surface area contributed by atoms with E-state index in [-0.39, 0.29) is 18.1 Å². The van der Waals surface area contributed by atoms with Crippen molar-refractivity contribution in [3.63, 3.8) is 0 Å². The Hall–Kier alpha value is -1.40. The summed E-state index contributed by atoms with van der Waals surface area (Å²) in [6.45, 7) is 6.30. The van der Waals surface area contributed by atoms with Crippen LogP contribution >= 0.6 is 0 Å². The molecular formula is C13H22N4O2. The van der Waals surface area contributed by atoms with E-state index in [1.165, 1.54) is 0 Å². The highest BCUT2D eigenvalue weighted by molar-refractivity contribution is 5.77. The van der Waals surface area contributed by atoms with E-state index in [4.69, 9.17) is 4.74 Å². The van der Waals surface area contributed by atoms with Crippen LogP contribution in [0.15, 0.2) is 6.20 Å². The van der Waals surface area contributed by atoms with E-state index in [1.54, 1.807) is 4.68 Å². The Morgan fingerprint density at radius 1 is 1.63 bits per heavy atom. The standard InChI is InChI=1S/C13H22N4O2/c1-4-11-10(6-17(3)16-11)5-15-12(18)7-19-13(2)8-14-9-13/h6,14H,4-5,7-9H2,1-3H3,(H,15,18). The molecule has 0 aromatic carbocycles. The second-order valence-corrected chi connectivity index (χ2v) is 5.25. The first-order chi connectivity index (χ1) is 9.02. The Morgan fingerprint density at radius 3 is 2.95 bits per heavy atom. The minimum atomic E-state index is -0.180. The van der Waals surface area contributed by atoms with Gasteiger partial charge in [-0.25, -0.2) is 0 Å². The molecule has 6 nitrogen and oxygen atoms in total. The summed E-state index contributed by atoms with van der Waals surface area (Å²) in [6.07, 6.45) is 2.81. The van der Waals surface area contributed by atoms with Crippen LogP contribution in [-0.4, -0.2) is 41.0 Å². The number of hydrogen-bond donors (Lipinski definition) is 2. The van der Waals surface area contributed by atoms with Crippen LogP contribution < -0.4 is 10.6 Å². The van der Waals surface area contributed by atoms with Crippen LogP contribution in [0.2, 0.25) is 0 Å². The molecule has 0 spiro atoms.